The normalized spacial score (nSPS) is 14.7. The average Bonchev–Trinajstić information content (AvgIpc) is 3.06. The lowest BCUT2D eigenvalue weighted by Gasteiger charge is -2.24. The molecule has 1 aliphatic heterocycles. The van der Waals surface area contributed by atoms with Crippen molar-refractivity contribution >= 4 is 33.2 Å². The van der Waals surface area contributed by atoms with E-state index in [1.807, 2.05) is 19.0 Å². The van der Waals surface area contributed by atoms with Crippen molar-refractivity contribution in [3.8, 4) is 5.69 Å². The molecule has 1 aliphatic rings. The van der Waals surface area contributed by atoms with Crippen molar-refractivity contribution in [2.24, 2.45) is 0 Å². The van der Waals surface area contributed by atoms with Crippen molar-refractivity contribution < 1.29 is 0 Å². The molecule has 0 atom stereocenters. The van der Waals surface area contributed by atoms with Crippen LogP contribution in [0.2, 0.25) is 5.02 Å². The Balaban J connectivity index is 2.02. The lowest BCUT2D eigenvalue weighted by Crippen LogP contribution is -2.40. The molecule has 0 saturated carbocycles. The fraction of sp³-hybridized carbons (Fsp3) is 0.429. The Morgan fingerprint density at radius 1 is 1.24 bits per heavy atom. The highest BCUT2D eigenvalue weighted by Gasteiger charge is 2.26. The van der Waals surface area contributed by atoms with Crippen molar-refractivity contribution in [3.63, 3.8) is 0 Å². The SMILES string of the molecule is CCN1CCc2c(sc3c2c(=O)n(-c2cccc(Cl)c2)c(=O)n3CCN(C)C)C1. The highest BCUT2D eigenvalue weighted by molar-refractivity contribution is 7.18. The molecule has 1 aromatic carbocycles. The van der Waals surface area contributed by atoms with Gasteiger partial charge >= 0.3 is 5.69 Å². The number of hydrogen-bond donors (Lipinski definition) is 0. The molecule has 0 saturated heterocycles. The maximum atomic E-state index is 13.5. The first-order chi connectivity index (χ1) is 13.9. The first kappa shape index (κ1) is 20.3. The molecule has 0 amide bonds. The van der Waals surface area contributed by atoms with Crippen molar-refractivity contribution in [2.75, 3.05) is 33.7 Å². The van der Waals surface area contributed by atoms with E-state index in [0.717, 1.165) is 36.4 Å². The van der Waals surface area contributed by atoms with Crippen LogP contribution < -0.4 is 11.2 Å². The van der Waals surface area contributed by atoms with Gasteiger partial charge < -0.3 is 4.90 Å². The molecule has 3 aromatic rings. The number of fused-ring (bicyclic) bond motifs is 3. The van der Waals surface area contributed by atoms with Gasteiger partial charge in [-0.05, 0) is 50.8 Å². The van der Waals surface area contributed by atoms with E-state index in [4.69, 9.17) is 11.6 Å². The van der Waals surface area contributed by atoms with E-state index in [9.17, 15) is 9.59 Å². The van der Waals surface area contributed by atoms with Crippen LogP contribution in [0, 0.1) is 0 Å². The Hall–Kier alpha value is -1.93. The number of halogens is 1. The Morgan fingerprint density at radius 2 is 2.03 bits per heavy atom. The van der Waals surface area contributed by atoms with Crippen LogP contribution in [-0.2, 0) is 19.5 Å². The van der Waals surface area contributed by atoms with E-state index in [1.54, 1.807) is 40.2 Å². The summed E-state index contributed by atoms with van der Waals surface area (Å²) in [4.78, 5) is 33.4. The molecule has 4 rings (SSSR count). The molecule has 0 bridgehead atoms. The summed E-state index contributed by atoms with van der Waals surface area (Å²) in [5.41, 5.74) is 1.07. The second-order valence-corrected chi connectivity index (χ2v) is 9.18. The minimum absolute atomic E-state index is 0.240. The van der Waals surface area contributed by atoms with Crippen molar-refractivity contribution in [1.29, 1.82) is 0 Å². The molecule has 29 heavy (non-hydrogen) atoms. The zero-order valence-electron chi connectivity index (χ0n) is 16.9. The van der Waals surface area contributed by atoms with Crippen LogP contribution >= 0.6 is 22.9 Å². The van der Waals surface area contributed by atoms with Crippen LogP contribution in [0.1, 0.15) is 17.4 Å². The standard InChI is InChI=1S/C21H25ClN4O2S/c1-4-24-9-8-16-17(13-24)29-20-18(16)19(27)26(15-7-5-6-14(22)12-15)21(28)25(20)11-10-23(2)3/h5-7,12H,4,8-11,13H2,1-3H3. The summed E-state index contributed by atoms with van der Waals surface area (Å²) in [6.45, 7) is 6.14. The van der Waals surface area contributed by atoms with Gasteiger partial charge in [0.2, 0.25) is 0 Å². The van der Waals surface area contributed by atoms with Crippen molar-refractivity contribution in [2.45, 2.75) is 26.4 Å². The molecule has 154 valence electrons. The van der Waals surface area contributed by atoms with Gasteiger partial charge in [-0.1, -0.05) is 24.6 Å². The number of benzene rings is 1. The predicted molar refractivity (Wildman–Crippen MR) is 120 cm³/mol. The van der Waals surface area contributed by atoms with Crippen molar-refractivity contribution in [3.05, 3.63) is 60.6 Å². The molecule has 0 unspecified atom stereocenters. The number of likely N-dealkylation sites (N-methyl/N-ethyl adjacent to an activating group) is 2. The van der Waals surface area contributed by atoms with Gasteiger partial charge in [-0.2, -0.15) is 0 Å². The quantitative estimate of drug-likeness (QED) is 0.622. The fourth-order valence-corrected chi connectivity index (χ4v) is 5.45. The zero-order chi connectivity index (χ0) is 20.7. The highest BCUT2D eigenvalue weighted by atomic mass is 35.5. The average molecular weight is 433 g/mol. The number of rotatable bonds is 5. The number of thiophene rings is 1. The van der Waals surface area contributed by atoms with Crippen LogP contribution in [0.25, 0.3) is 15.9 Å². The Bertz CT molecular complexity index is 1180. The summed E-state index contributed by atoms with van der Waals surface area (Å²) >= 11 is 7.75. The summed E-state index contributed by atoms with van der Waals surface area (Å²) in [5, 5.41) is 1.19. The molecule has 2 aromatic heterocycles. The molecule has 3 heterocycles. The zero-order valence-corrected chi connectivity index (χ0v) is 18.5. The molecule has 0 spiro atoms. The van der Waals surface area contributed by atoms with Gasteiger partial charge in [0.15, 0.2) is 0 Å². The van der Waals surface area contributed by atoms with E-state index < -0.39 is 0 Å². The molecule has 6 nitrogen and oxygen atoms in total. The van der Waals surface area contributed by atoms with E-state index in [-0.39, 0.29) is 11.2 Å². The van der Waals surface area contributed by atoms with Crippen LogP contribution in [0.4, 0.5) is 0 Å². The Kier molecular flexibility index (Phi) is 5.66. The predicted octanol–water partition coefficient (Wildman–Crippen LogP) is 2.81. The monoisotopic (exact) mass is 432 g/mol. The van der Waals surface area contributed by atoms with Crippen LogP contribution in [0.5, 0.6) is 0 Å². The summed E-state index contributed by atoms with van der Waals surface area (Å²) in [7, 11) is 3.96. The highest BCUT2D eigenvalue weighted by Crippen LogP contribution is 2.33. The molecule has 0 fully saturated rings. The van der Waals surface area contributed by atoms with Gasteiger partial charge in [0.05, 0.1) is 11.1 Å². The third-order valence-corrected chi connectivity index (χ3v) is 6.96. The lowest BCUT2D eigenvalue weighted by atomic mass is 10.1. The number of hydrogen-bond acceptors (Lipinski definition) is 5. The maximum absolute atomic E-state index is 13.5. The van der Waals surface area contributed by atoms with Gasteiger partial charge in [-0.25, -0.2) is 9.36 Å². The first-order valence-corrected chi connectivity index (χ1v) is 11.0. The summed E-state index contributed by atoms with van der Waals surface area (Å²) in [6, 6.07) is 6.93. The summed E-state index contributed by atoms with van der Waals surface area (Å²) < 4.78 is 3.04. The largest absolute Gasteiger partial charge is 0.336 e. The lowest BCUT2D eigenvalue weighted by molar-refractivity contribution is 0.272. The van der Waals surface area contributed by atoms with Gasteiger partial charge in [0.1, 0.15) is 4.83 Å². The Labute approximate surface area is 178 Å². The van der Waals surface area contributed by atoms with E-state index in [1.165, 1.54) is 9.44 Å². The fourth-order valence-electron chi connectivity index (χ4n) is 3.87. The number of aromatic nitrogens is 2. The van der Waals surface area contributed by atoms with Gasteiger partial charge in [0.25, 0.3) is 5.56 Å². The number of nitrogens with zero attached hydrogens (tertiary/aromatic N) is 4. The Morgan fingerprint density at radius 3 is 2.72 bits per heavy atom. The third-order valence-electron chi connectivity index (χ3n) is 5.49. The van der Waals surface area contributed by atoms with Crippen LogP contribution in [-0.4, -0.2) is 52.7 Å². The van der Waals surface area contributed by atoms with E-state index in [2.05, 4.69) is 11.8 Å². The molecule has 0 radical (unpaired) electrons. The second kappa shape index (κ2) is 8.07. The van der Waals surface area contributed by atoms with E-state index in [0.29, 0.717) is 29.2 Å². The maximum Gasteiger partial charge on any atom is 0.336 e. The third kappa shape index (κ3) is 3.68. The minimum Gasteiger partial charge on any atom is -0.308 e. The molecule has 0 N–H and O–H groups in total. The minimum atomic E-state index is -0.308. The van der Waals surface area contributed by atoms with Crippen molar-refractivity contribution in [1.82, 2.24) is 18.9 Å². The van der Waals surface area contributed by atoms with E-state index >= 15 is 0 Å². The first-order valence-electron chi connectivity index (χ1n) is 9.83. The summed E-state index contributed by atoms with van der Waals surface area (Å²) in [6.07, 6.45) is 0.833. The smallest absolute Gasteiger partial charge is 0.308 e. The topological polar surface area (TPSA) is 50.5 Å². The van der Waals surface area contributed by atoms with Gasteiger partial charge in [0, 0.05) is 36.1 Å². The van der Waals surface area contributed by atoms with Crippen LogP contribution in [0.15, 0.2) is 33.9 Å². The molecular weight excluding hydrogens is 408 g/mol. The van der Waals surface area contributed by atoms with Gasteiger partial charge in [-0.3, -0.25) is 14.3 Å². The van der Waals surface area contributed by atoms with Crippen LogP contribution in [0.3, 0.4) is 0 Å². The second-order valence-electron chi connectivity index (χ2n) is 7.66. The summed E-state index contributed by atoms with van der Waals surface area (Å²) in [5.74, 6) is 0. The molecule has 8 heteroatoms. The van der Waals surface area contributed by atoms with Gasteiger partial charge in [-0.15, -0.1) is 11.3 Å². The molecular formula is C21H25ClN4O2S. The molecule has 0 aliphatic carbocycles.